The summed E-state index contributed by atoms with van der Waals surface area (Å²) in [6, 6.07) is 4.56. The Morgan fingerprint density at radius 3 is 1.94 bits per heavy atom. The Balaban J connectivity index is 2.26. The van der Waals surface area contributed by atoms with Crippen LogP contribution in [-0.4, -0.2) is 7.11 Å². The normalized spacial score (nSPS) is 34.6. The summed E-state index contributed by atoms with van der Waals surface area (Å²) in [6.07, 6.45) is 5.30. The second kappa shape index (κ2) is 3.50. The van der Waals surface area contributed by atoms with Gasteiger partial charge in [0.2, 0.25) is 0 Å². The molecule has 0 aliphatic heterocycles. The first-order valence-electron chi connectivity index (χ1n) is 6.37. The van der Waals surface area contributed by atoms with Gasteiger partial charge in [0.1, 0.15) is 5.75 Å². The summed E-state index contributed by atoms with van der Waals surface area (Å²) in [5, 5.41) is 0. The van der Waals surface area contributed by atoms with Crippen LogP contribution >= 0.6 is 15.9 Å². The van der Waals surface area contributed by atoms with E-state index in [1.165, 1.54) is 31.2 Å². The van der Waals surface area contributed by atoms with Crippen molar-refractivity contribution in [3.8, 4) is 5.75 Å². The molecule has 0 radical (unpaired) electrons. The molecule has 1 aromatic rings. The van der Waals surface area contributed by atoms with E-state index in [1.807, 2.05) is 0 Å². The number of ether oxygens (including phenoxy) is 1. The van der Waals surface area contributed by atoms with Crippen LogP contribution in [-0.2, 0) is 10.8 Å². The lowest BCUT2D eigenvalue weighted by molar-refractivity contribution is 0.187. The van der Waals surface area contributed by atoms with E-state index in [9.17, 15) is 0 Å². The first-order chi connectivity index (χ1) is 7.98. The minimum absolute atomic E-state index is 0.376. The minimum Gasteiger partial charge on any atom is -0.496 e. The quantitative estimate of drug-likeness (QED) is 0.738. The number of halogens is 1. The van der Waals surface area contributed by atoms with Crippen molar-refractivity contribution in [3.63, 3.8) is 0 Å². The molecule has 1 fully saturated rings. The van der Waals surface area contributed by atoms with Gasteiger partial charge in [-0.05, 0) is 75.7 Å². The van der Waals surface area contributed by atoms with Crippen LogP contribution in [0.5, 0.6) is 5.75 Å². The molecule has 0 saturated heterocycles. The molecule has 92 valence electrons. The van der Waals surface area contributed by atoms with Crippen molar-refractivity contribution in [2.75, 3.05) is 7.11 Å². The largest absolute Gasteiger partial charge is 0.496 e. The van der Waals surface area contributed by atoms with Crippen LogP contribution in [0.2, 0.25) is 0 Å². The predicted molar refractivity (Wildman–Crippen MR) is 73.9 cm³/mol. The highest BCUT2D eigenvalue weighted by Crippen LogP contribution is 2.57. The van der Waals surface area contributed by atoms with Gasteiger partial charge in [-0.3, -0.25) is 0 Å². The van der Waals surface area contributed by atoms with Crippen LogP contribution in [0.25, 0.3) is 0 Å². The molecule has 0 unspecified atom stereocenters. The highest BCUT2D eigenvalue weighted by molar-refractivity contribution is 9.10. The topological polar surface area (TPSA) is 9.23 Å². The maximum absolute atomic E-state index is 5.45. The van der Waals surface area contributed by atoms with Gasteiger partial charge in [-0.1, -0.05) is 13.8 Å². The second-order valence-corrected chi connectivity index (χ2v) is 7.01. The Hall–Kier alpha value is -0.500. The molecule has 2 bridgehead atoms. The van der Waals surface area contributed by atoms with E-state index in [-0.39, 0.29) is 0 Å². The summed E-state index contributed by atoms with van der Waals surface area (Å²) in [5.41, 5.74) is 3.84. The van der Waals surface area contributed by atoms with Gasteiger partial charge in [-0.2, -0.15) is 0 Å². The molecule has 17 heavy (non-hydrogen) atoms. The van der Waals surface area contributed by atoms with E-state index in [1.54, 1.807) is 12.7 Å². The molecular formula is C15H19BrO. The number of methoxy groups -OCH3 is 1. The van der Waals surface area contributed by atoms with Crippen molar-refractivity contribution in [3.05, 3.63) is 27.7 Å². The second-order valence-electron chi connectivity index (χ2n) is 6.15. The van der Waals surface area contributed by atoms with E-state index in [4.69, 9.17) is 4.74 Å². The van der Waals surface area contributed by atoms with Gasteiger partial charge in [0.05, 0.1) is 11.6 Å². The van der Waals surface area contributed by atoms with Crippen LogP contribution in [0.4, 0.5) is 0 Å². The van der Waals surface area contributed by atoms with Crippen LogP contribution in [0, 0.1) is 0 Å². The van der Waals surface area contributed by atoms with Crippen molar-refractivity contribution >= 4 is 15.9 Å². The Labute approximate surface area is 112 Å². The zero-order valence-electron chi connectivity index (χ0n) is 10.8. The predicted octanol–water partition coefficient (Wildman–Crippen LogP) is 4.56. The Morgan fingerprint density at radius 2 is 1.47 bits per heavy atom. The summed E-state index contributed by atoms with van der Waals surface area (Å²) in [7, 11) is 1.75. The summed E-state index contributed by atoms with van der Waals surface area (Å²) >= 11 is 3.62. The summed E-state index contributed by atoms with van der Waals surface area (Å²) in [4.78, 5) is 0. The third-order valence-electron chi connectivity index (χ3n) is 5.05. The van der Waals surface area contributed by atoms with Crippen molar-refractivity contribution in [1.29, 1.82) is 0 Å². The van der Waals surface area contributed by atoms with Crippen LogP contribution < -0.4 is 4.74 Å². The zero-order valence-corrected chi connectivity index (χ0v) is 12.4. The number of benzene rings is 1. The fourth-order valence-corrected chi connectivity index (χ4v) is 4.11. The standard InChI is InChI=1S/C15H19BrO/c1-14-4-6-15(2,7-5-14)11-9-13(17-3)12(16)8-10(11)14/h8-9H,4-7H2,1-3H3. The van der Waals surface area contributed by atoms with Gasteiger partial charge in [0, 0.05) is 0 Å². The van der Waals surface area contributed by atoms with Crippen molar-refractivity contribution < 1.29 is 4.74 Å². The molecule has 3 aliphatic carbocycles. The molecular weight excluding hydrogens is 276 g/mol. The fraction of sp³-hybridized carbons (Fsp3) is 0.600. The maximum atomic E-state index is 5.45. The molecule has 2 heteroatoms. The summed E-state index contributed by atoms with van der Waals surface area (Å²) in [5.74, 6) is 0.973. The Morgan fingerprint density at radius 1 is 1.00 bits per heavy atom. The highest BCUT2D eigenvalue weighted by atomic mass is 79.9. The first kappa shape index (κ1) is 11.6. The third-order valence-corrected chi connectivity index (χ3v) is 5.67. The number of hydrogen-bond donors (Lipinski definition) is 0. The Bertz CT molecular complexity index is 470. The van der Waals surface area contributed by atoms with Gasteiger partial charge < -0.3 is 4.74 Å². The molecule has 1 saturated carbocycles. The van der Waals surface area contributed by atoms with Gasteiger partial charge in [-0.25, -0.2) is 0 Å². The average Bonchev–Trinajstić information content (AvgIpc) is 2.32. The lowest BCUT2D eigenvalue weighted by Crippen LogP contribution is -2.44. The highest BCUT2D eigenvalue weighted by Gasteiger charge is 2.47. The lowest BCUT2D eigenvalue weighted by Gasteiger charge is -2.52. The minimum atomic E-state index is 0.376. The van der Waals surface area contributed by atoms with Crippen LogP contribution in [0.3, 0.4) is 0 Å². The van der Waals surface area contributed by atoms with Gasteiger partial charge in [0.15, 0.2) is 0 Å². The van der Waals surface area contributed by atoms with Gasteiger partial charge >= 0.3 is 0 Å². The molecule has 0 atom stereocenters. The summed E-state index contributed by atoms with van der Waals surface area (Å²) < 4.78 is 6.54. The van der Waals surface area contributed by atoms with Gasteiger partial charge in [0.25, 0.3) is 0 Å². The lowest BCUT2D eigenvalue weighted by atomic mass is 9.52. The fourth-order valence-electron chi connectivity index (χ4n) is 3.60. The smallest absolute Gasteiger partial charge is 0.133 e. The first-order valence-corrected chi connectivity index (χ1v) is 7.16. The average molecular weight is 295 g/mol. The van der Waals surface area contributed by atoms with Crippen LogP contribution in [0.15, 0.2) is 16.6 Å². The SMILES string of the molecule is COc1cc2c(cc1Br)C1(C)CCC2(C)CC1. The molecule has 0 amide bonds. The Kier molecular flexibility index (Phi) is 2.39. The number of hydrogen-bond acceptors (Lipinski definition) is 1. The van der Waals surface area contributed by atoms with Crippen LogP contribution in [0.1, 0.15) is 50.7 Å². The molecule has 0 aromatic heterocycles. The number of fused-ring (bicyclic) bond motifs is 2. The molecule has 3 aliphatic rings. The molecule has 4 rings (SSSR count). The molecule has 1 nitrogen and oxygen atoms in total. The monoisotopic (exact) mass is 294 g/mol. The molecule has 0 N–H and O–H groups in total. The van der Waals surface area contributed by atoms with E-state index in [2.05, 4.69) is 41.9 Å². The van der Waals surface area contributed by atoms with Crippen molar-refractivity contribution in [2.24, 2.45) is 0 Å². The summed E-state index contributed by atoms with van der Waals surface area (Å²) in [6.45, 7) is 4.83. The number of rotatable bonds is 1. The van der Waals surface area contributed by atoms with E-state index in [0.29, 0.717) is 10.8 Å². The van der Waals surface area contributed by atoms with E-state index < -0.39 is 0 Å². The molecule has 1 aromatic carbocycles. The van der Waals surface area contributed by atoms with Crippen molar-refractivity contribution in [1.82, 2.24) is 0 Å². The maximum Gasteiger partial charge on any atom is 0.133 e. The molecule has 0 heterocycles. The molecule has 0 spiro atoms. The van der Waals surface area contributed by atoms with E-state index >= 15 is 0 Å². The zero-order chi connectivity index (χ0) is 12.3. The van der Waals surface area contributed by atoms with Crippen molar-refractivity contribution in [2.45, 2.75) is 50.4 Å². The van der Waals surface area contributed by atoms with Gasteiger partial charge in [-0.15, -0.1) is 0 Å². The third kappa shape index (κ3) is 1.49. The van der Waals surface area contributed by atoms with E-state index in [0.717, 1.165) is 10.2 Å².